The zero-order chi connectivity index (χ0) is 18.1. The van der Waals surface area contributed by atoms with E-state index in [2.05, 4.69) is 26.6 Å². The molecular weight excluding hydrogens is 408 g/mol. The smallest absolute Gasteiger partial charge is 0.243 e. The summed E-state index contributed by atoms with van der Waals surface area (Å²) in [6.07, 6.45) is 0. The SMILES string of the molecule is CCOCCOc1c(Cl)cccc1NCC(=O)Nc1ccccc1Br. The summed E-state index contributed by atoms with van der Waals surface area (Å²) in [6, 6.07) is 12.8. The van der Waals surface area contributed by atoms with Gasteiger partial charge in [-0.25, -0.2) is 0 Å². The maximum absolute atomic E-state index is 12.1. The second-order valence-electron chi connectivity index (χ2n) is 5.04. The van der Waals surface area contributed by atoms with Gasteiger partial charge >= 0.3 is 0 Å². The topological polar surface area (TPSA) is 59.6 Å². The Morgan fingerprint density at radius 1 is 1.12 bits per heavy atom. The van der Waals surface area contributed by atoms with Gasteiger partial charge in [-0.1, -0.05) is 29.8 Å². The molecule has 2 aromatic carbocycles. The number of hydrogen-bond acceptors (Lipinski definition) is 4. The Morgan fingerprint density at radius 2 is 1.88 bits per heavy atom. The van der Waals surface area contributed by atoms with Crippen LogP contribution in [-0.4, -0.2) is 32.3 Å². The molecule has 0 saturated heterocycles. The van der Waals surface area contributed by atoms with Crippen molar-refractivity contribution in [1.82, 2.24) is 0 Å². The molecule has 0 saturated carbocycles. The molecule has 134 valence electrons. The van der Waals surface area contributed by atoms with Crippen LogP contribution in [0.1, 0.15) is 6.92 Å². The molecule has 0 radical (unpaired) electrons. The summed E-state index contributed by atoms with van der Waals surface area (Å²) in [6.45, 7) is 3.50. The molecule has 0 aliphatic carbocycles. The van der Waals surface area contributed by atoms with Gasteiger partial charge in [-0.15, -0.1) is 0 Å². The van der Waals surface area contributed by atoms with Crippen molar-refractivity contribution in [2.75, 3.05) is 37.0 Å². The summed E-state index contributed by atoms with van der Waals surface area (Å²) in [5.74, 6) is 0.338. The molecule has 0 bridgehead atoms. The molecule has 0 aromatic heterocycles. The van der Waals surface area contributed by atoms with E-state index in [1.54, 1.807) is 12.1 Å². The van der Waals surface area contributed by atoms with Gasteiger partial charge in [-0.2, -0.15) is 0 Å². The fraction of sp³-hybridized carbons (Fsp3) is 0.278. The molecule has 2 rings (SSSR count). The third-order valence-corrected chi connectivity index (χ3v) is 4.22. The third kappa shape index (κ3) is 6.23. The lowest BCUT2D eigenvalue weighted by Gasteiger charge is -2.15. The van der Waals surface area contributed by atoms with E-state index in [1.165, 1.54) is 0 Å². The molecular formula is C18H20BrClN2O3. The predicted octanol–water partition coefficient (Wildman–Crippen LogP) is 4.57. The first-order chi connectivity index (χ1) is 12.1. The number of amides is 1. The summed E-state index contributed by atoms with van der Waals surface area (Å²) in [4.78, 5) is 12.1. The average molecular weight is 428 g/mol. The lowest BCUT2D eigenvalue weighted by atomic mass is 10.3. The van der Waals surface area contributed by atoms with E-state index in [-0.39, 0.29) is 12.5 Å². The minimum Gasteiger partial charge on any atom is -0.487 e. The van der Waals surface area contributed by atoms with Gasteiger partial charge in [0.1, 0.15) is 6.61 Å². The number of hydrogen-bond donors (Lipinski definition) is 2. The molecule has 0 aliphatic heterocycles. The van der Waals surface area contributed by atoms with E-state index in [0.717, 1.165) is 4.47 Å². The number of nitrogens with one attached hydrogen (secondary N) is 2. The molecule has 2 aromatic rings. The number of para-hydroxylation sites is 2. The first-order valence-electron chi connectivity index (χ1n) is 7.89. The van der Waals surface area contributed by atoms with Crippen LogP contribution in [0, 0.1) is 0 Å². The third-order valence-electron chi connectivity index (χ3n) is 3.23. The van der Waals surface area contributed by atoms with Crippen LogP contribution in [0.4, 0.5) is 11.4 Å². The number of benzene rings is 2. The highest BCUT2D eigenvalue weighted by Crippen LogP contribution is 2.32. The van der Waals surface area contributed by atoms with Crippen LogP contribution in [0.3, 0.4) is 0 Å². The number of rotatable bonds is 9. The second-order valence-corrected chi connectivity index (χ2v) is 6.31. The number of halogens is 2. The summed E-state index contributed by atoms with van der Waals surface area (Å²) < 4.78 is 11.8. The Kier molecular flexibility index (Phi) is 8.04. The van der Waals surface area contributed by atoms with Gasteiger partial charge in [0.25, 0.3) is 0 Å². The van der Waals surface area contributed by atoms with Crippen molar-refractivity contribution >= 4 is 44.8 Å². The molecule has 0 fully saturated rings. The molecule has 0 aliphatic rings. The van der Waals surface area contributed by atoms with Crippen LogP contribution in [0.5, 0.6) is 5.75 Å². The largest absolute Gasteiger partial charge is 0.487 e. The van der Waals surface area contributed by atoms with Crippen LogP contribution in [-0.2, 0) is 9.53 Å². The average Bonchev–Trinajstić information content (AvgIpc) is 2.60. The summed E-state index contributed by atoms with van der Waals surface area (Å²) >= 11 is 9.59. The highest BCUT2D eigenvalue weighted by atomic mass is 79.9. The van der Waals surface area contributed by atoms with Gasteiger partial charge in [0.2, 0.25) is 5.91 Å². The van der Waals surface area contributed by atoms with Crippen LogP contribution < -0.4 is 15.4 Å². The molecule has 25 heavy (non-hydrogen) atoms. The monoisotopic (exact) mass is 426 g/mol. The molecule has 2 N–H and O–H groups in total. The standard InChI is InChI=1S/C18H20BrClN2O3/c1-2-24-10-11-25-18-14(20)7-5-9-16(18)21-12-17(23)22-15-8-4-3-6-13(15)19/h3-9,21H,2,10-12H2,1H3,(H,22,23). The molecule has 0 spiro atoms. The zero-order valence-electron chi connectivity index (χ0n) is 13.9. The first-order valence-corrected chi connectivity index (χ1v) is 9.06. The number of ether oxygens (including phenoxy) is 2. The molecule has 7 heteroatoms. The van der Waals surface area contributed by atoms with E-state index in [1.807, 2.05) is 37.3 Å². The highest BCUT2D eigenvalue weighted by molar-refractivity contribution is 9.10. The fourth-order valence-corrected chi connectivity index (χ4v) is 2.69. The fourth-order valence-electron chi connectivity index (χ4n) is 2.07. The van der Waals surface area contributed by atoms with E-state index in [9.17, 15) is 4.79 Å². The molecule has 0 atom stereocenters. The van der Waals surface area contributed by atoms with E-state index < -0.39 is 0 Å². The van der Waals surface area contributed by atoms with Crippen molar-refractivity contribution in [2.24, 2.45) is 0 Å². The van der Waals surface area contributed by atoms with Gasteiger partial charge in [0.15, 0.2) is 5.75 Å². The predicted molar refractivity (Wildman–Crippen MR) is 105 cm³/mol. The maximum Gasteiger partial charge on any atom is 0.243 e. The minimum absolute atomic E-state index is 0.0868. The highest BCUT2D eigenvalue weighted by Gasteiger charge is 2.11. The van der Waals surface area contributed by atoms with Crippen molar-refractivity contribution in [2.45, 2.75) is 6.92 Å². The number of carbonyl (C=O) groups is 1. The van der Waals surface area contributed by atoms with Gasteiger partial charge < -0.3 is 20.1 Å². The number of carbonyl (C=O) groups excluding carboxylic acids is 1. The zero-order valence-corrected chi connectivity index (χ0v) is 16.2. The Labute approximate surface area is 160 Å². The van der Waals surface area contributed by atoms with Crippen LogP contribution >= 0.6 is 27.5 Å². The van der Waals surface area contributed by atoms with E-state index in [4.69, 9.17) is 21.1 Å². The molecule has 1 amide bonds. The van der Waals surface area contributed by atoms with Crippen LogP contribution in [0.25, 0.3) is 0 Å². The van der Waals surface area contributed by atoms with E-state index in [0.29, 0.717) is 42.0 Å². The molecule has 0 unspecified atom stereocenters. The lowest BCUT2D eigenvalue weighted by molar-refractivity contribution is -0.114. The van der Waals surface area contributed by atoms with Crippen LogP contribution in [0.15, 0.2) is 46.9 Å². The maximum atomic E-state index is 12.1. The van der Waals surface area contributed by atoms with E-state index >= 15 is 0 Å². The van der Waals surface area contributed by atoms with Crippen molar-refractivity contribution in [3.8, 4) is 5.75 Å². The quantitative estimate of drug-likeness (QED) is 0.576. The van der Waals surface area contributed by atoms with Crippen molar-refractivity contribution < 1.29 is 14.3 Å². The van der Waals surface area contributed by atoms with Crippen molar-refractivity contribution in [1.29, 1.82) is 0 Å². The summed E-state index contributed by atoms with van der Waals surface area (Å²) in [7, 11) is 0. The van der Waals surface area contributed by atoms with Gasteiger partial charge in [-0.05, 0) is 47.1 Å². The normalized spacial score (nSPS) is 10.4. The van der Waals surface area contributed by atoms with Crippen molar-refractivity contribution in [3.63, 3.8) is 0 Å². The Morgan fingerprint density at radius 3 is 2.64 bits per heavy atom. The number of anilines is 2. The van der Waals surface area contributed by atoms with Gasteiger partial charge in [-0.3, -0.25) is 4.79 Å². The minimum atomic E-state index is -0.174. The molecule has 5 nitrogen and oxygen atoms in total. The summed E-state index contributed by atoms with van der Waals surface area (Å²) in [5.41, 5.74) is 1.37. The van der Waals surface area contributed by atoms with Gasteiger partial charge in [0, 0.05) is 11.1 Å². The van der Waals surface area contributed by atoms with Crippen LogP contribution in [0.2, 0.25) is 5.02 Å². The Balaban J connectivity index is 1.94. The van der Waals surface area contributed by atoms with Crippen molar-refractivity contribution in [3.05, 3.63) is 52.0 Å². The summed E-state index contributed by atoms with van der Waals surface area (Å²) in [5, 5.41) is 6.37. The lowest BCUT2D eigenvalue weighted by Crippen LogP contribution is -2.22. The van der Waals surface area contributed by atoms with Gasteiger partial charge in [0.05, 0.1) is 29.5 Å². The Bertz CT molecular complexity index is 712. The molecule has 0 heterocycles. The Hall–Kier alpha value is -1.76. The second kappa shape index (κ2) is 10.3. The first kappa shape index (κ1) is 19.6.